The summed E-state index contributed by atoms with van der Waals surface area (Å²) >= 11 is 0. The summed E-state index contributed by atoms with van der Waals surface area (Å²) in [6.07, 6.45) is 28.7. The van der Waals surface area contributed by atoms with Crippen LogP contribution in [0.1, 0.15) is 169 Å². The van der Waals surface area contributed by atoms with E-state index in [9.17, 15) is 9.59 Å². The molecule has 2 N–H and O–H groups in total. The molecule has 0 radical (unpaired) electrons. The average molecular weight is 481 g/mol. The molecule has 0 aromatic heterocycles. The molecule has 33 heavy (non-hydrogen) atoms. The van der Waals surface area contributed by atoms with Crippen molar-refractivity contribution >= 4 is 11.9 Å². The van der Waals surface area contributed by atoms with Gasteiger partial charge in [0.05, 0.1) is 0 Å². The van der Waals surface area contributed by atoms with Gasteiger partial charge in [0.25, 0.3) is 0 Å². The van der Waals surface area contributed by atoms with Gasteiger partial charge in [-0.2, -0.15) is 0 Å². The summed E-state index contributed by atoms with van der Waals surface area (Å²) in [6, 6.07) is 0. The van der Waals surface area contributed by atoms with Gasteiger partial charge >= 0.3 is 41.5 Å². The number of aliphatic carboxylic acids is 2. The molecule has 0 spiro atoms. The van der Waals surface area contributed by atoms with E-state index in [2.05, 4.69) is 13.8 Å². The zero-order chi connectivity index (χ0) is 24.1. The van der Waals surface area contributed by atoms with Gasteiger partial charge in [-0.05, 0) is 12.8 Å². The van der Waals surface area contributed by atoms with Gasteiger partial charge in [-0.25, -0.2) is 0 Å². The number of unbranched alkanes of at least 4 members (excludes halogenated alkanes) is 20. The first-order valence-corrected chi connectivity index (χ1v) is 14.0. The molecular formula is C28H57NaO4. The molecule has 0 aliphatic rings. The van der Waals surface area contributed by atoms with Gasteiger partial charge in [-0.3, -0.25) is 9.59 Å². The molecule has 5 heteroatoms. The normalized spacial score (nSPS) is 10.2. The van der Waals surface area contributed by atoms with Crippen molar-refractivity contribution in [1.29, 1.82) is 0 Å². The van der Waals surface area contributed by atoms with Gasteiger partial charge in [0.15, 0.2) is 0 Å². The Bertz CT molecular complexity index is 359. The molecule has 0 aliphatic carbocycles. The van der Waals surface area contributed by atoms with E-state index < -0.39 is 11.9 Å². The molecule has 0 saturated heterocycles. The molecule has 0 aromatic carbocycles. The first kappa shape index (κ1) is 37.5. The third kappa shape index (κ3) is 42.5. The van der Waals surface area contributed by atoms with Crippen molar-refractivity contribution in [3.8, 4) is 0 Å². The van der Waals surface area contributed by atoms with Crippen LogP contribution in [0.4, 0.5) is 0 Å². The second-order valence-electron chi connectivity index (χ2n) is 9.36. The zero-order valence-electron chi connectivity index (χ0n) is 23.7. The number of rotatable bonds is 24. The van der Waals surface area contributed by atoms with E-state index >= 15 is 0 Å². The number of hydrogen-bond acceptors (Lipinski definition) is 2. The zero-order valence-corrected chi connectivity index (χ0v) is 24.7. The van der Waals surface area contributed by atoms with E-state index in [1.165, 1.54) is 116 Å². The molecule has 0 heterocycles. The van der Waals surface area contributed by atoms with Gasteiger partial charge < -0.3 is 11.6 Å². The summed E-state index contributed by atoms with van der Waals surface area (Å²) in [7, 11) is 0. The molecule has 0 aliphatic heterocycles. The van der Waals surface area contributed by atoms with Gasteiger partial charge in [0, 0.05) is 12.8 Å². The van der Waals surface area contributed by atoms with Crippen molar-refractivity contribution in [2.45, 2.75) is 168 Å². The van der Waals surface area contributed by atoms with E-state index in [1.807, 2.05) is 0 Å². The van der Waals surface area contributed by atoms with Crippen LogP contribution in [-0.4, -0.2) is 22.2 Å². The fourth-order valence-electron chi connectivity index (χ4n) is 3.88. The largest absolute Gasteiger partial charge is 1.00 e. The van der Waals surface area contributed by atoms with Crippen LogP contribution in [0.25, 0.3) is 0 Å². The second-order valence-corrected chi connectivity index (χ2v) is 9.36. The Labute approximate surface area is 229 Å². The van der Waals surface area contributed by atoms with Crippen molar-refractivity contribution in [3.63, 3.8) is 0 Å². The minimum Gasteiger partial charge on any atom is -1.00 e. The molecule has 4 nitrogen and oxygen atoms in total. The van der Waals surface area contributed by atoms with Crippen LogP contribution in [0, 0.1) is 0 Å². The van der Waals surface area contributed by atoms with Crippen LogP contribution in [0.15, 0.2) is 0 Å². The van der Waals surface area contributed by atoms with E-state index in [1.54, 1.807) is 0 Å². The first-order chi connectivity index (χ1) is 15.5. The van der Waals surface area contributed by atoms with Crippen LogP contribution in [0.5, 0.6) is 0 Å². The molecule has 0 amide bonds. The van der Waals surface area contributed by atoms with Crippen LogP contribution < -0.4 is 29.6 Å². The van der Waals surface area contributed by atoms with Crippen LogP contribution in [0.2, 0.25) is 0 Å². The van der Waals surface area contributed by atoms with Crippen molar-refractivity contribution in [2.24, 2.45) is 0 Å². The molecule has 0 saturated carbocycles. The SMILES string of the molecule is CCCCCCCCCCCCCC(=O)O.CCCCCCCCCCCCCC(=O)O.[H-].[Na+]. The van der Waals surface area contributed by atoms with Gasteiger partial charge in [-0.1, -0.05) is 142 Å². The second kappa shape index (κ2) is 34.1. The molecule has 0 unspecified atom stereocenters. The minimum atomic E-state index is -0.657. The number of carboxylic acids is 2. The van der Waals surface area contributed by atoms with Crippen LogP contribution in [0.3, 0.4) is 0 Å². The summed E-state index contributed by atoms with van der Waals surface area (Å²) in [5.74, 6) is -1.31. The number of hydrogen-bond donors (Lipinski definition) is 2. The quantitative estimate of drug-likeness (QED) is 0.120. The van der Waals surface area contributed by atoms with Crippen molar-refractivity contribution in [1.82, 2.24) is 0 Å². The predicted octanol–water partition coefficient (Wildman–Crippen LogP) is 6.66. The third-order valence-electron chi connectivity index (χ3n) is 5.99. The fraction of sp³-hybridized carbons (Fsp3) is 0.929. The minimum absolute atomic E-state index is 0. The Morgan fingerprint density at radius 3 is 0.788 bits per heavy atom. The molecular weight excluding hydrogens is 423 g/mol. The van der Waals surface area contributed by atoms with Crippen molar-refractivity contribution in [2.75, 3.05) is 0 Å². The number of carbonyl (C=O) groups is 2. The van der Waals surface area contributed by atoms with E-state index in [0.717, 1.165) is 25.7 Å². The van der Waals surface area contributed by atoms with Crippen molar-refractivity contribution < 1.29 is 50.8 Å². The Kier molecular flexibility index (Phi) is 38.7. The topological polar surface area (TPSA) is 74.6 Å². The van der Waals surface area contributed by atoms with E-state index in [-0.39, 0.29) is 31.0 Å². The smallest absolute Gasteiger partial charge is 1.00 e. The molecule has 0 rings (SSSR count). The molecule has 0 fully saturated rings. The van der Waals surface area contributed by atoms with Crippen LogP contribution >= 0.6 is 0 Å². The Balaban J connectivity index is -0.000000250. The molecule has 194 valence electrons. The van der Waals surface area contributed by atoms with Crippen LogP contribution in [-0.2, 0) is 9.59 Å². The fourth-order valence-corrected chi connectivity index (χ4v) is 3.88. The van der Waals surface area contributed by atoms with Gasteiger partial charge in [-0.15, -0.1) is 0 Å². The summed E-state index contributed by atoms with van der Waals surface area (Å²) in [4.78, 5) is 20.5. The average Bonchev–Trinajstić information content (AvgIpc) is 2.76. The number of carboxylic acid groups (broad SMARTS) is 2. The van der Waals surface area contributed by atoms with Crippen molar-refractivity contribution in [3.05, 3.63) is 0 Å². The monoisotopic (exact) mass is 480 g/mol. The van der Waals surface area contributed by atoms with E-state index in [4.69, 9.17) is 10.2 Å². The Morgan fingerprint density at radius 2 is 0.606 bits per heavy atom. The van der Waals surface area contributed by atoms with Gasteiger partial charge in [0.2, 0.25) is 0 Å². The maximum atomic E-state index is 10.3. The Hall–Kier alpha value is -0.0600. The van der Waals surface area contributed by atoms with Gasteiger partial charge in [0.1, 0.15) is 0 Å². The molecule has 0 aromatic rings. The summed E-state index contributed by atoms with van der Waals surface area (Å²) in [5.41, 5.74) is 0. The van der Waals surface area contributed by atoms with E-state index in [0.29, 0.717) is 12.8 Å². The maximum absolute atomic E-state index is 10.3. The summed E-state index contributed by atoms with van der Waals surface area (Å²) < 4.78 is 0. The summed E-state index contributed by atoms with van der Waals surface area (Å²) in [6.45, 7) is 4.49. The predicted molar refractivity (Wildman–Crippen MR) is 139 cm³/mol. The standard InChI is InChI=1S/2C14H28O2.Na.H/c2*1-2-3-4-5-6-7-8-9-10-11-12-13-14(15)16;;/h2*2-13H2,1H3,(H,15,16);;/q;;+1;-1. The first-order valence-electron chi connectivity index (χ1n) is 14.0. The molecule has 0 atom stereocenters. The summed E-state index contributed by atoms with van der Waals surface area (Å²) in [5, 5.41) is 16.9. The molecule has 0 bridgehead atoms. The Morgan fingerprint density at radius 1 is 0.424 bits per heavy atom. The maximum Gasteiger partial charge on any atom is 1.00 e. The third-order valence-corrected chi connectivity index (χ3v) is 5.99.